The molecule has 0 atom stereocenters. The maximum atomic E-state index is 5.99. The van der Waals surface area contributed by atoms with Crippen LogP contribution >= 0.6 is 11.3 Å². The second kappa shape index (κ2) is 5.94. The summed E-state index contributed by atoms with van der Waals surface area (Å²) in [4.78, 5) is 4.63. The van der Waals surface area contributed by atoms with E-state index in [0.29, 0.717) is 12.6 Å². The van der Waals surface area contributed by atoms with E-state index in [9.17, 15) is 0 Å². The van der Waals surface area contributed by atoms with E-state index in [1.165, 1.54) is 36.9 Å². The molecule has 0 saturated heterocycles. The Balaban J connectivity index is 1.40. The normalized spacial score (nSPS) is 12.8. The first-order chi connectivity index (χ1) is 14.8. The zero-order valence-electron chi connectivity index (χ0n) is 16.0. The minimum Gasteiger partial charge on any atom is -0.459 e. The van der Waals surface area contributed by atoms with Gasteiger partial charge in [-0.15, -0.1) is 11.3 Å². The zero-order chi connectivity index (χ0) is 19.7. The topological polar surface area (TPSA) is 27.1 Å². The molecule has 6 aromatic rings. The Morgan fingerprint density at radius 3 is 2.57 bits per heavy atom. The van der Waals surface area contributed by atoms with Crippen LogP contribution in [0, 0.1) is 0 Å². The van der Waals surface area contributed by atoms with Gasteiger partial charge in [0.2, 0.25) is 0 Å². The van der Waals surface area contributed by atoms with Crippen molar-refractivity contribution in [3.63, 3.8) is 0 Å². The Hall–Kier alpha value is -3.63. The molecule has 7 rings (SSSR count). The van der Waals surface area contributed by atoms with Crippen LogP contribution in [0.5, 0.6) is 6.01 Å². The highest BCUT2D eigenvalue weighted by Crippen LogP contribution is 2.38. The molecule has 0 fully saturated rings. The maximum absolute atomic E-state index is 5.99. The number of para-hydroxylation sites is 2. The van der Waals surface area contributed by atoms with Crippen molar-refractivity contribution in [1.29, 1.82) is 0 Å². The van der Waals surface area contributed by atoms with E-state index in [1.807, 2.05) is 29.5 Å². The Bertz CT molecular complexity index is 1610. The van der Waals surface area contributed by atoms with Gasteiger partial charge in [0.05, 0.1) is 16.7 Å². The summed E-state index contributed by atoms with van der Waals surface area (Å²) in [6.45, 7) is 0.538. The molecule has 0 N–H and O–H groups in total. The summed E-state index contributed by atoms with van der Waals surface area (Å²) in [6, 6.07) is 30.9. The van der Waals surface area contributed by atoms with Gasteiger partial charge >= 0.3 is 6.01 Å². The van der Waals surface area contributed by atoms with E-state index >= 15 is 0 Å². The molecule has 4 heteroatoms. The van der Waals surface area contributed by atoms with Crippen LogP contribution in [-0.4, -0.2) is 9.55 Å². The van der Waals surface area contributed by atoms with Gasteiger partial charge in [-0.3, -0.25) is 4.57 Å². The smallest absolute Gasteiger partial charge is 0.302 e. The lowest BCUT2D eigenvalue weighted by molar-refractivity contribution is 0.266. The second-order valence-corrected chi connectivity index (χ2v) is 8.74. The molecule has 0 aliphatic carbocycles. The van der Waals surface area contributed by atoms with Crippen LogP contribution in [0.25, 0.3) is 48.0 Å². The fraction of sp³-hybridized carbons (Fsp3) is 0.0385. The number of benzene rings is 4. The van der Waals surface area contributed by atoms with Gasteiger partial charge in [-0.2, -0.15) is 4.98 Å². The molecule has 3 nitrogen and oxygen atoms in total. The fourth-order valence-corrected chi connectivity index (χ4v) is 5.57. The summed E-state index contributed by atoms with van der Waals surface area (Å²) in [5, 5.41) is 2.65. The lowest BCUT2D eigenvalue weighted by atomic mass is 9.99. The summed E-state index contributed by atoms with van der Waals surface area (Å²) in [7, 11) is 0. The van der Waals surface area contributed by atoms with Crippen LogP contribution in [-0.2, 0) is 6.61 Å². The van der Waals surface area contributed by atoms with Gasteiger partial charge in [0.25, 0.3) is 0 Å². The fourth-order valence-electron chi connectivity index (χ4n) is 4.48. The van der Waals surface area contributed by atoms with E-state index in [1.54, 1.807) is 0 Å². The average molecular weight is 404 g/mol. The van der Waals surface area contributed by atoms with E-state index < -0.39 is 0 Å². The Morgan fingerprint density at radius 1 is 0.767 bits per heavy atom. The average Bonchev–Trinajstić information content (AvgIpc) is 3.36. The van der Waals surface area contributed by atoms with Crippen LogP contribution in [0.4, 0.5) is 0 Å². The summed E-state index contributed by atoms with van der Waals surface area (Å²) < 4.78 is 10.8. The summed E-state index contributed by atoms with van der Waals surface area (Å²) in [5.74, 6) is 0. The number of fused-ring (bicyclic) bond motifs is 8. The van der Waals surface area contributed by atoms with E-state index in [2.05, 4.69) is 76.3 Å². The van der Waals surface area contributed by atoms with Gasteiger partial charge in [0.1, 0.15) is 6.61 Å². The highest BCUT2D eigenvalue weighted by molar-refractivity contribution is 7.25. The largest absolute Gasteiger partial charge is 0.459 e. The van der Waals surface area contributed by atoms with Crippen LogP contribution < -0.4 is 4.74 Å². The molecule has 0 amide bonds. The van der Waals surface area contributed by atoms with Crippen molar-refractivity contribution >= 4 is 42.5 Å². The molecule has 1 aliphatic rings. The molecule has 1 aliphatic heterocycles. The highest BCUT2D eigenvalue weighted by atomic mass is 32.1. The molecular formula is C26H16N2OS. The third-order valence-corrected chi connectivity index (χ3v) is 7.07. The van der Waals surface area contributed by atoms with Crippen LogP contribution in [0.15, 0.2) is 84.9 Å². The predicted molar refractivity (Wildman–Crippen MR) is 124 cm³/mol. The molecule has 0 spiro atoms. The third-order valence-electron chi connectivity index (χ3n) is 5.92. The first-order valence-electron chi connectivity index (χ1n) is 10.0. The first kappa shape index (κ1) is 16.2. The van der Waals surface area contributed by atoms with Crippen molar-refractivity contribution in [3.8, 4) is 22.8 Å². The van der Waals surface area contributed by atoms with E-state index in [4.69, 9.17) is 4.74 Å². The monoisotopic (exact) mass is 404 g/mol. The predicted octanol–water partition coefficient (Wildman–Crippen LogP) is 6.95. The van der Waals surface area contributed by atoms with Crippen molar-refractivity contribution in [1.82, 2.24) is 9.55 Å². The standard InChI is InChI=1S/C26H16N2OS/c1-4-8-24-19(5-1)20-14-17(10-12-25(20)30-24)16-9-11-22-18(13-16)15-29-26-27-21-6-2-3-7-23(21)28(22)26/h1-14H,15H2. The van der Waals surface area contributed by atoms with E-state index in [0.717, 1.165) is 16.7 Å². The van der Waals surface area contributed by atoms with Gasteiger partial charge in [-0.25, -0.2) is 0 Å². The molecule has 4 aromatic carbocycles. The van der Waals surface area contributed by atoms with Gasteiger partial charge in [0.15, 0.2) is 0 Å². The molecule has 30 heavy (non-hydrogen) atoms. The molecule has 0 unspecified atom stereocenters. The Kier molecular flexibility index (Phi) is 3.21. The van der Waals surface area contributed by atoms with Crippen molar-refractivity contribution in [2.45, 2.75) is 6.61 Å². The maximum Gasteiger partial charge on any atom is 0.302 e. The van der Waals surface area contributed by atoms with Gasteiger partial charge in [-0.1, -0.05) is 42.5 Å². The molecule has 142 valence electrons. The molecular weight excluding hydrogens is 388 g/mol. The van der Waals surface area contributed by atoms with Crippen molar-refractivity contribution in [3.05, 3.63) is 90.5 Å². The SMILES string of the molecule is c1ccc2c(c1)nc1n2-c2ccc(-c3ccc4sc5ccccc5c4c3)cc2CO1. The van der Waals surface area contributed by atoms with Crippen molar-refractivity contribution in [2.75, 3.05) is 0 Å². The number of aromatic nitrogens is 2. The van der Waals surface area contributed by atoms with Gasteiger partial charge in [0, 0.05) is 25.7 Å². The molecule has 2 aromatic heterocycles. The number of rotatable bonds is 1. The van der Waals surface area contributed by atoms with Gasteiger partial charge in [-0.05, 0) is 53.6 Å². The minimum atomic E-state index is 0.538. The van der Waals surface area contributed by atoms with Crippen molar-refractivity contribution < 1.29 is 4.74 Å². The number of nitrogens with zero attached hydrogens (tertiary/aromatic N) is 2. The molecule has 0 bridgehead atoms. The summed E-state index contributed by atoms with van der Waals surface area (Å²) >= 11 is 1.85. The quantitative estimate of drug-likeness (QED) is 0.296. The van der Waals surface area contributed by atoms with Crippen LogP contribution in [0.1, 0.15) is 5.56 Å². The number of ether oxygens (including phenoxy) is 1. The third kappa shape index (κ3) is 2.22. The Morgan fingerprint density at radius 2 is 1.57 bits per heavy atom. The summed E-state index contributed by atoms with van der Waals surface area (Å²) in [6.07, 6.45) is 0. The zero-order valence-corrected chi connectivity index (χ0v) is 16.8. The van der Waals surface area contributed by atoms with Crippen molar-refractivity contribution in [2.24, 2.45) is 0 Å². The lowest BCUT2D eigenvalue weighted by Crippen LogP contribution is -2.12. The number of imidazole rings is 1. The first-order valence-corrected chi connectivity index (χ1v) is 10.8. The van der Waals surface area contributed by atoms with Crippen LogP contribution in [0.2, 0.25) is 0 Å². The molecule has 3 heterocycles. The summed E-state index contributed by atoms with van der Waals surface area (Å²) in [5.41, 5.74) is 6.80. The van der Waals surface area contributed by atoms with E-state index in [-0.39, 0.29) is 0 Å². The highest BCUT2D eigenvalue weighted by Gasteiger charge is 2.21. The second-order valence-electron chi connectivity index (χ2n) is 7.66. The molecule has 0 saturated carbocycles. The number of hydrogen-bond donors (Lipinski definition) is 0. The Labute approximate surface area is 176 Å². The lowest BCUT2D eigenvalue weighted by Gasteiger charge is -2.20. The molecule has 0 radical (unpaired) electrons. The van der Waals surface area contributed by atoms with Crippen LogP contribution in [0.3, 0.4) is 0 Å². The minimum absolute atomic E-state index is 0.538. The number of thiophene rings is 1. The number of hydrogen-bond acceptors (Lipinski definition) is 3. The van der Waals surface area contributed by atoms with Gasteiger partial charge < -0.3 is 4.74 Å².